The van der Waals surface area contributed by atoms with E-state index in [-0.39, 0.29) is 12.6 Å². The molecule has 2 N–H and O–H groups in total. The van der Waals surface area contributed by atoms with E-state index in [0.717, 1.165) is 24.2 Å². The molecule has 2 amide bonds. The van der Waals surface area contributed by atoms with Crippen molar-refractivity contribution >= 4 is 12.0 Å². The average Bonchev–Trinajstić information content (AvgIpc) is 2.74. The molecule has 2 heterocycles. The number of hydrogen-bond donors (Lipinski definition) is 2. The van der Waals surface area contributed by atoms with Crippen LogP contribution in [0.2, 0.25) is 0 Å². The minimum atomic E-state index is -0.643. The molecule has 3 rings (SSSR count). The summed E-state index contributed by atoms with van der Waals surface area (Å²) in [4.78, 5) is 27.5. The number of methoxy groups -OCH3 is 2. The molecule has 0 spiro atoms. The van der Waals surface area contributed by atoms with Crippen molar-refractivity contribution in [3.8, 4) is 5.75 Å². The number of rotatable bonds is 8. The lowest BCUT2D eigenvalue weighted by molar-refractivity contribution is -0.139. The third kappa shape index (κ3) is 5.10. The minimum absolute atomic E-state index is 0.241. The fraction of sp³-hybridized carbons (Fsp3) is 0.524. The molecule has 1 saturated heterocycles. The Morgan fingerprint density at radius 3 is 2.70 bits per heavy atom. The normalized spacial score (nSPS) is 19.8. The first-order valence-corrected chi connectivity index (χ1v) is 10.0. The zero-order valence-electron chi connectivity index (χ0n) is 17.7. The third-order valence-electron chi connectivity index (χ3n) is 5.07. The monoisotopic (exact) mass is 419 g/mol. The summed E-state index contributed by atoms with van der Waals surface area (Å²) in [7, 11) is 3.19. The second-order valence-corrected chi connectivity index (χ2v) is 7.04. The molecule has 0 unspecified atom stereocenters. The standard InChI is InChI=1S/C21H29N3O6/c1-4-30-20(25)18-16(12-24-7-9-29-10-8-24)22-21(26)23-19(18)14-5-6-17(28-3)15(11-14)13-27-2/h5-6,11,19H,4,7-10,12-13H2,1-3H3,(H2,22,23,26)/t19-/m1/s1. The molecule has 0 aliphatic carbocycles. The topological polar surface area (TPSA) is 98.4 Å². The number of urea groups is 1. The first-order valence-electron chi connectivity index (χ1n) is 10.0. The summed E-state index contributed by atoms with van der Waals surface area (Å²) in [5.74, 6) is 0.221. The van der Waals surface area contributed by atoms with Crippen molar-refractivity contribution in [3.63, 3.8) is 0 Å². The van der Waals surface area contributed by atoms with E-state index >= 15 is 0 Å². The molecule has 0 bridgehead atoms. The number of carbonyl (C=O) groups is 2. The van der Waals surface area contributed by atoms with E-state index in [9.17, 15) is 9.59 Å². The number of carbonyl (C=O) groups excluding carboxylic acids is 2. The van der Waals surface area contributed by atoms with Gasteiger partial charge < -0.3 is 29.6 Å². The summed E-state index contributed by atoms with van der Waals surface area (Å²) >= 11 is 0. The molecule has 1 fully saturated rings. The van der Waals surface area contributed by atoms with Gasteiger partial charge in [-0.05, 0) is 24.6 Å². The summed E-state index contributed by atoms with van der Waals surface area (Å²) in [6, 6.07) is 4.52. The second-order valence-electron chi connectivity index (χ2n) is 7.04. The van der Waals surface area contributed by atoms with E-state index < -0.39 is 12.0 Å². The van der Waals surface area contributed by atoms with Crippen LogP contribution < -0.4 is 15.4 Å². The molecule has 0 saturated carbocycles. The molecule has 9 nitrogen and oxygen atoms in total. The van der Waals surface area contributed by atoms with Crippen LogP contribution in [0.4, 0.5) is 4.79 Å². The highest BCUT2D eigenvalue weighted by atomic mass is 16.5. The number of amides is 2. The number of benzene rings is 1. The van der Waals surface area contributed by atoms with E-state index in [2.05, 4.69) is 15.5 Å². The molecule has 0 aromatic heterocycles. The second kappa shape index (κ2) is 10.4. The van der Waals surface area contributed by atoms with Crippen LogP contribution in [-0.2, 0) is 25.6 Å². The molecule has 1 aromatic carbocycles. The molecule has 2 aliphatic rings. The summed E-state index contributed by atoms with van der Waals surface area (Å²) in [6.07, 6.45) is 0. The predicted octanol–water partition coefficient (Wildman–Crippen LogP) is 1.34. The van der Waals surface area contributed by atoms with Crippen LogP contribution in [0.1, 0.15) is 24.1 Å². The van der Waals surface area contributed by atoms with Crippen LogP contribution in [0, 0.1) is 0 Å². The van der Waals surface area contributed by atoms with Gasteiger partial charge in [0.25, 0.3) is 0 Å². The number of morpholine rings is 1. The molecular weight excluding hydrogens is 390 g/mol. The lowest BCUT2D eigenvalue weighted by Gasteiger charge is -2.33. The Kier molecular flexibility index (Phi) is 7.67. The van der Waals surface area contributed by atoms with Crippen molar-refractivity contribution in [1.29, 1.82) is 0 Å². The van der Waals surface area contributed by atoms with E-state index in [1.54, 1.807) is 21.1 Å². The molecule has 1 atom stereocenters. The van der Waals surface area contributed by atoms with Crippen LogP contribution >= 0.6 is 0 Å². The van der Waals surface area contributed by atoms with Gasteiger partial charge in [0.15, 0.2) is 0 Å². The van der Waals surface area contributed by atoms with E-state index in [1.165, 1.54) is 0 Å². The maximum Gasteiger partial charge on any atom is 0.338 e. The first-order chi connectivity index (χ1) is 14.6. The Bertz CT molecular complexity index is 804. The van der Waals surface area contributed by atoms with Gasteiger partial charge in [-0.15, -0.1) is 0 Å². The van der Waals surface area contributed by atoms with Gasteiger partial charge in [0.1, 0.15) is 5.75 Å². The Morgan fingerprint density at radius 1 is 1.27 bits per heavy atom. The van der Waals surface area contributed by atoms with Crippen molar-refractivity contribution in [1.82, 2.24) is 15.5 Å². The summed E-state index contributed by atoms with van der Waals surface area (Å²) in [5, 5.41) is 5.67. The van der Waals surface area contributed by atoms with Gasteiger partial charge in [-0.25, -0.2) is 9.59 Å². The van der Waals surface area contributed by atoms with Gasteiger partial charge in [-0.1, -0.05) is 6.07 Å². The average molecular weight is 419 g/mol. The van der Waals surface area contributed by atoms with Crippen molar-refractivity contribution in [3.05, 3.63) is 40.6 Å². The molecule has 1 aromatic rings. The SMILES string of the molecule is CCOC(=O)C1=C(CN2CCOCC2)NC(=O)N[C@@H]1c1ccc(OC)c(COC)c1. The lowest BCUT2D eigenvalue weighted by Crippen LogP contribution is -2.49. The number of ether oxygens (including phenoxy) is 4. The predicted molar refractivity (Wildman–Crippen MR) is 109 cm³/mol. The maximum absolute atomic E-state index is 12.9. The van der Waals surface area contributed by atoms with Crippen molar-refractivity contribution in [2.24, 2.45) is 0 Å². The van der Waals surface area contributed by atoms with Gasteiger partial charge in [0, 0.05) is 38.0 Å². The van der Waals surface area contributed by atoms with E-state index in [0.29, 0.717) is 43.4 Å². The number of esters is 1. The van der Waals surface area contributed by atoms with Crippen molar-refractivity contribution in [2.45, 2.75) is 19.6 Å². The first kappa shape index (κ1) is 22.1. The molecule has 9 heteroatoms. The molecule has 30 heavy (non-hydrogen) atoms. The summed E-state index contributed by atoms with van der Waals surface area (Å²) in [6.45, 7) is 5.48. The van der Waals surface area contributed by atoms with Gasteiger partial charge in [0.2, 0.25) is 0 Å². The number of nitrogens with one attached hydrogen (secondary N) is 2. The van der Waals surface area contributed by atoms with Gasteiger partial charge >= 0.3 is 12.0 Å². The zero-order valence-corrected chi connectivity index (χ0v) is 17.7. The van der Waals surface area contributed by atoms with Crippen LogP contribution in [-0.4, -0.2) is 70.6 Å². The van der Waals surface area contributed by atoms with Gasteiger partial charge in [-0.2, -0.15) is 0 Å². The summed E-state index contributed by atoms with van der Waals surface area (Å²) < 4.78 is 21.4. The Hall–Kier alpha value is -2.62. The molecular formula is C21H29N3O6. The Labute approximate surface area is 176 Å². The highest BCUT2D eigenvalue weighted by Gasteiger charge is 2.34. The largest absolute Gasteiger partial charge is 0.496 e. The van der Waals surface area contributed by atoms with Crippen LogP contribution in [0.25, 0.3) is 0 Å². The highest BCUT2D eigenvalue weighted by molar-refractivity contribution is 5.95. The Morgan fingerprint density at radius 2 is 2.03 bits per heavy atom. The third-order valence-corrected chi connectivity index (χ3v) is 5.07. The molecule has 0 radical (unpaired) electrons. The van der Waals surface area contributed by atoms with Crippen molar-refractivity contribution < 1.29 is 28.5 Å². The van der Waals surface area contributed by atoms with E-state index in [4.69, 9.17) is 18.9 Å². The van der Waals surface area contributed by atoms with Crippen LogP contribution in [0.5, 0.6) is 5.75 Å². The number of nitrogens with zero attached hydrogens (tertiary/aromatic N) is 1. The Balaban J connectivity index is 2.01. The smallest absolute Gasteiger partial charge is 0.338 e. The van der Waals surface area contributed by atoms with E-state index in [1.807, 2.05) is 18.2 Å². The fourth-order valence-electron chi connectivity index (χ4n) is 3.67. The fourth-order valence-corrected chi connectivity index (χ4v) is 3.67. The maximum atomic E-state index is 12.9. The van der Waals surface area contributed by atoms with Gasteiger partial charge in [-0.3, -0.25) is 4.90 Å². The van der Waals surface area contributed by atoms with Crippen LogP contribution in [0.3, 0.4) is 0 Å². The lowest BCUT2D eigenvalue weighted by atomic mass is 9.93. The van der Waals surface area contributed by atoms with Crippen LogP contribution in [0.15, 0.2) is 29.5 Å². The minimum Gasteiger partial charge on any atom is -0.496 e. The van der Waals surface area contributed by atoms with Crippen molar-refractivity contribution in [2.75, 3.05) is 53.7 Å². The summed E-state index contributed by atoms with van der Waals surface area (Å²) in [5.41, 5.74) is 2.52. The molecule has 164 valence electrons. The highest BCUT2D eigenvalue weighted by Crippen LogP contribution is 2.31. The molecule has 2 aliphatic heterocycles. The zero-order chi connectivity index (χ0) is 21.5. The quantitative estimate of drug-likeness (QED) is 0.614. The number of hydrogen-bond acceptors (Lipinski definition) is 7. The van der Waals surface area contributed by atoms with Gasteiger partial charge in [0.05, 0.1) is 45.2 Å².